The van der Waals surface area contributed by atoms with Crippen molar-refractivity contribution in [2.24, 2.45) is 17.3 Å². The number of hydrogen-bond donors (Lipinski definition) is 0. The van der Waals surface area contributed by atoms with Crippen molar-refractivity contribution >= 4 is 5.78 Å². The van der Waals surface area contributed by atoms with Crippen molar-refractivity contribution in [3.05, 3.63) is 12.2 Å². The van der Waals surface area contributed by atoms with Crippen molar-refractivity contribution in [2.75, 3.05) is 0 Å². The van der Waals surface area contributed by atoms with Crippen LogP contribution in [0.2, 0.25) is 0 Å². The SMILES string of the molecule is CC1(C)CC(=O)[C@H]2CC=CC[C@@H]2C1. The van der Waals surface area contributed by atoms with Gasteiger partial charge in [0.05, 0.1) is 0 Å². The number of ketones is 1. The van der Waals surface area contributed by atoms with E-state index in [2.05, 4.69) is 26.0 Å². The molecule has 0 saturated heterocycles. The summed E-state index contributed by atoms with van der Waals surface area (Å²) in [5.74, 6) is 1.50. The number of hydrogen-bond acceptors (Lipinski definition) is 1. The molecule has 0 N–H and O–H groups in total. The van der Waals surface area contributed by atoms with Crippen molar-refractivity contribution in [3.63, 3.8) is 0 Å². The van der Waals surface area contributed by atoms with Gasteiger partial charge in [-0.25, -0.2) is 0 Å². The van der Waals surface area contributed by atoms with E-state index in [1.165, 1.54) is 6.42 Å². The van der Waals surface area contributed by atoms with Gasteiger partial charge < -0.3 is 0 Å². The fourth-order valence-corrected chi connectivity index (χ4v) is 2.88. The molecule has 72 valence electrons. The summed E-state index contributed by atoms with van der Waals surface area (Å²) < 4.78 is 0. The largest absolute Gasteiger partial charge is 0.299 e. The second kappa shape index (κ2) is 2.97. The van der Waals surface area contributed by atoms with Crippen molar-refractivity contribution in [1.29, 1.82) is 0 Å². The van der Waals surface area contributed by atoms with E-state index in [-0.39, 0.29) is 5.41 Å². The van der Waals surface area contributed by atoms with Crippen LogP contribution in [0.4, 0.5) is 0 Å². The number of fused-ring (bicyclic) bond motifs is 1. The average molecular weight is 178 g/mol. The van der Waals surface area contributed by atoms with Gasteiger partial charge in [-0.1, -0.05) is 26.0 Å². The lowest BCUT2D eigenvalue weighted by Crippen LogP contribution is -2.37. The highest BCUT2D eigenvalue weighted by molar-refractivity contribution is 5.83. The van der Waals surface area contributed by atoms with E-state index in [1.54, 1.807) is 0 Å². The minimum atomic E-state index is 0.253. The van der Waals surface area contributed by atoms with Crippen LogP contribution >= 0.6 is 0 Å². The molecule has 1 fully saturated rings. The summed E-state index contributed by atoms with van der Waals surface area (Å²) in [5.41, 5.74) is 0.253. The first-order chi connectivity index (χ1) is 6.08. The molecule has 0 unspecified atom stereocenters. The first kappa shape index (κ1) is 8.98. The Morgan fingerprint density at radius 2 is 2.00 bits per heavy atom. The highest BCUT2D eigenvalue weighted by atomic mass is 16.1. The number of allylic oxidation sites excluding steroid dienone is 2. The van der Waals surface area contributed by atoms with Gasteiger partial charge in [0.2, 0.25) is 0 Å². The molecule has 2 aliphatic rings. The zero-order chi connectivity index (χ0) is 9.47. The van der Waals surface area contributed by atoms with E-state index in [4.69, 9.17) is 0 Å². The second-order valence-corrected chi connectivity index (χ2v) is 5.32. The van der Waals surface area contributed by atoms with Crippen molar-refractivity contribution < 1.29 is 4.79 Å². The van der Waals surface area contributed by atoms with Gasteiger partial charge in [0.15, 0.2) is 0 Å². The van der Waals surface area contributed by atoms with Gasteiger partial charge in [0.25, 0.3) is 0 Å². The predicted octanol–water partition coefficient (Wildman–Crippen LogP) is 2.96. The molecule has 0 spiro atoms. The maximum Gasteiger partial charge on any atom is 0.137 e. The van der Waals surface area contributed by atoms with Crippen molar-refractivity contribution in [1.82, 2.24) is 0 Å². The molecule has 13 heavy (non-hydrogen) atoms. The fraction of sp³-hybridized carbons (Fsp3) is 0.750. The smallest absolute Gasteiger partial charge is 0.137 e. The molecule has 0 aromatic carbocycles. The normalized spacial score (nSPS) is 37.2. The van der Waals surface area contributed by atoms with E-state index >= 15 is 0 Å². The van der Waals surface area contributed by atoms with Crippen LogP contribution in [0.25, 0.3) is 0 Å². The Hall–Kier alpha value is -0.590. The van der Waals surface area contributed by atoms with Gasteiger partial charge in [-0.2, -0.15) is 0 Å². The van der Waals surface area contributed by atoms with E-state index in [0.717, 1.165) is 19.3 Å². The second-order valence-electron chi connectivity index (χ2n) is 5.32. The summed E-state index contributed by atoms with van der Waals surface area (Å²) >= 11 is 0. The molecule has 1 nitrogen and oxygen atoms in total. The Morgan fingerprint density at radius 1 is 1.31 bits per heavy atom. The maximum atomic E-state index is 11.8. The van der Waals surface area contributed by atoms with E-state index in [9.17, 15) is 4.79 Å². The average Bonchev–Trinajstić information content (AvgIpc) is 2.02. The molecule has 1 heteroatoms. The van der Waals surface area contributed by atoms with Gasteiger partial charge in [0, 0.05) is 12.3 Å². The summed E-state index contributed by atoms with van der Waals surface area (Å²) in [6, 6.07) is 0. The Labute approximate surface area is 80.2 Å². The third-order valence-corrected chi connectivity index (χ3v) is 3.45. The molecule has 0 heterocycles. The van der Waals surface area contributed by atoms with E-state index in [1.807, 2.05) is 0 Å². The molecule has 0 amide bonds. The third kappa shape index (κ3) is 1.70. The number of rotatable bonds is 0. The summed E-state index contributed by atoms with van der Waals surface area (Å²) in [5, 5.41) is 0. The van der Waals surface area contributed by atoms with Crippen LogP contribution in [-0.2, 0) is 4.79 Å². The maximum absolute atomic E-state index is 11.8. The summed E-state index contributed by atoms with van der Waals surface area (Å²) in [6.45, 7) is 4.44. The Morgan fingerprint density at radius 3 is 2.77 bits per heavy atom. The molecule has 2 aliphatic carbocycles. The van der Waals surface area contributed by atoms with Crippen LogP contribution in [0.5, 0.6) is 0 Å². The highest BCUT2D eigenvalue weighted by Gasteiger charge is 2.40. The van der Waals surface area contributed by atoms with Gasteiger partial charge in [-0.3, -0.25) is 4.79 Å². The Balaban J connectivity index is 2.18. The van der Waals surface area contributed by atoms with Gasteiger partial charge in [0.1, 0.15) is 5.78 Å². The number of Topliss-reactive ketones (excluding diaryl/α,β-unsaturated/α-hetero) is 1. The van der Waals surface area contributed by atoms with Crippen LogP contribution in [0, 0.1) is 17.3 Å². The monoisotopic (exact) mass is 178 g/mol. The number of carbonyl (C=O) groups is 1. The molecule has 2 rings (SSSR count). The van der Waals surface area contributed by atoms with Crippen LogP contribution < -0.4 is 0 Å². The van der Waals surface area contributed by atoms with Crippen molar-refractivity contribution in [3.8, 4) is 0 Å². The molecule has 1 saturated carbocycles. The fourth-order valence-electron chi connectivity index (χ4n) is 2.88. The van der Waals surface area contributed by atoms with E-state index < -0.39 is 0 Å². The van der Waals surface area contributed by atoms with Crippen LogP contribution in [0.15, 0.2) is 12.2 Å². The first-order valence-corrected chi connectivity index (χ1v) is 5.26. The van der Waals surface area contributed by atoms with Crippen molar-refractivity contribution in [2.45, 2.75) is 39.5 Å². The topological polar surface area (TPSA) is 17.1 Å². The lowest BCUT2D eigenvalue weighted by molar-refractivity contribution is -0.130. The predicted molar refractivity (Wildman–Crippen MR) is 53.4 cm³/mol. The lowest BCUT2D eigenvalue weighted by Gasteiger charge is -2.40. The summed E-state index contributed by atoms with van der Waals surface area (Å²) in [6.07, 6.45) is 8.57. The molecule has 0 aromatic rings. The van der Waals surface area contributed by atoms with Gasteiger partial charge in [-0.05, 0) is 30.6 Å². The standard InChI is InChI=1S/C12H18O/c1-12(2)7-9-5-3-4-6-10(9)11(13)8-12/h3-4,9-10H,5-8H2,1-2H3/t9-,10+/m1/s1. The highest BCUT2D eigenvalue weighted by Crippen LogP contribution is 2.44. The van der Waals surface area contributed by atoms with E-state index in [0.29, 0.717) is 17.6 Å². The molecule has 0 aromatic heterocycles. The quantitative estimate of drug-likeness (QED) is 0.521. The van der Waals surface area contributed by atoms with Gasteiger partial charge in [-0.15, -0.1) is 0 Å². The molecule has 2 atom stereocenters. The first-order valence-electron chi connectivity index (χ1n) is 5.26. The minimum Gasteiger partial charge on any atom is -0.299 e. The minimum absolute atomic E-state index is 0.253. The Kier molecular flexibility index (Phi) is 2.05. The van der Waals surface area contributed by atoms with Crippen LogP contribution in [0.1, 0.15) is 39.5 Å². The molecule has 0 aliphatic heterocycles. The number of carbonyl (C=O) groups excluding carboxylic acids is 1. The van der Waals surface area contributed by atoms with Gasteiger partial charge >= 0.3 is 0 Å². The van der Waals surface area contributed by atoms with Crippen LogP contribution in [0.3, 0.4) is 0 Å². The summed E-state index contributed by atoms with van der Waals surface area (Å²) in [4.78, 5) is 11.8. The Bertz CT molecular complexity index is 250. The summed E-state index contributed by atoms with van der Waals surface area (Å²) in [7, 11) is 0. The molecular weight excluding hydrogens is 160 g/mol. The molecular formula is C12H18O. The lowest BCUT2D eigenvalue weighted by atomic mass is 9.63. The molecule has 0 radical (unpaired) electrons. The molecule has 0 bridgehead atoms. The van der Waals surface area contributed by atoms with Crippen LogP contribution in [-0.4, -0.2) is 5.78 Å². The zero-order valence-electron chi connectivity index (χ0n) is 8.55. The zero-order valence-corrected chi connectivity index (χ0v) is 8.55. The third-order valence-electron chi connectivity index (χ3n) is 3.45.